The summed E-state index contributed by atoms with van der Waals surface area (Å²) in [5, 5.41) is 2.61. The average molecular weight is 697 g/mol. The van der Waals surface area contributed by atoms with E-state index in [0.717, 1.165) is 19.1 Å². The second kappa shape index (κ2) is 15.6. The number of benzene rings is 2. The number of carbonyl (C=O) groups excluding carboxylic acids is 3. The Hall–Kier alpha value is -4.82. The molecule has 2 aromatic carbocycles. The molecule has 1 N–H and O–H groups in total. The fourth-order valence-electron chi connectivity index (χ4n) is 5.82. The largest absolute Gasteiger partial charge is 0.573 e. The Kier molecular flexibility index (Phi) is 11.8. The van der Waals surface area contributed by atoms with Crippen molar-refractivity contribution in [3.63, 3.8) is 0 Å². The van der Waals surface area contributed by atoms with Gasteiger partial charge >= 0.3 is 24.5 Å². The first kappa shape index (κ1) is 37.0. The van der Waals surface area contributed by atoms with E-state index in [-0.39, 0.29) is 36.0 Å². The van der Waals surface area contributed by atoms with Crippen molar-refractivity contribution in [3.05, 3.63) is 83.2 Å². The van der Waals surface area contributed by atoms with Crippen LogP contribution in [0.1, 0.15) is 60.3 Å². The Morgan fingerprint density at radius 2 is 1.57 bits per heavy atom. The van der Waals surface area contributed by atoms with E-state index in [1.807, 2.05) is 0 Å². The fourth-order valence-corrected chi connectivity index (χ4v) is 5.82. The Bertz CT molecular complexity index is 1610. The van der Waals surface area contributed by atoms with Gasteiger partial charge in [0, 0.05) is 25.1 Å². The number of aromatic nitrogens is 1. The number of nitrogens with zero attached hydrogens (tertiary/aromatic N) is 1. The predicted molar refractivity (Wildman–Crippen MR) is 162 cm³/mol. The van der Waals surface area contributed by atoms with Crippen LogP contribution < -0.4 is 19.5 Å². The third kappa shape index (κ3) is 10.3. The van der Waals surface area contributed by atoms with E-state index in [1.165, 1.54) is 55.8 Å². The predicted octanol–water partition coefficient (Wildman–Crippen LogP) is 6.86. The second-order valence-electron chi connectivity index (χ2n) is 11.6. The van der Waals surface area contributed by atoms with Gasteiger partial charge in [-0.3, -0.25) is 9.59 Å². The normalized spacial score (nSPS) is 20.2. The van der Waals surface area contributed by atoms with Crippen LogP contribution in [0.25, 0.3) is 0 Å². The number of hydrogen-bond donors (Lipinski definition) is 1. The molecule has 264 valence electrons. The second-order valence-corrected chi connectivity index (χ2v) is 11.6. The van der Waals surface area contributed by atoms with Gasteiger partial charge in [0.1, 0.15) is 17.9 Å². The van der Waals surface area contributed by atoms with Crippen molar-refractivity contribution in [3.8, 4) is 17.2 Å². The summed E-state index contributed by atoms with van der Waals surface area (Å²) >= 11 is 0. The van der Waals surface area contributed by atoms with Gasteiger partial charge in [-0.25, -0.2) is 9.78 Å². The molecule has 0 spiro atoms. The maximum atomic E-state index is 13.5. The molecule has 49 heavy (non-hydrogen) atoms. The maximum absolute atomic E-state index is 13.5. The lowest BCUT2D eigenvalue weighted by Gasteiger charge is -2.31. The van der Waals surface area contributed by atoms with Gasteiger partial charge in [-0.05, 0) is 73.9 Å². The zero-order valence-corrected chi connectivity index (χ0v) is 26.7. The molecule has 1 aliphatic heterocycles. The van der Waals surface area contributed by atoms with Crippen molar-refractivity contribution < 1.29 is 59.7 Å². The molecule has 2 heterocycles. The molecule has 1 amide bonds. The minimum atomic E-state index is -4.87. The molecular weight excluding hydrogens is 662 g/mol. The topological polar surface area (TPSA) is 113 Å². The number of hydrogen-bond acceptors (Lipinski definition) is 8. The van der Waals surface area contributed by atoms with Crippen molar-refractivity contribution in [2.75, 3.05) is 7.11 Å². The monoisotopic (exact) mass is 696 g/mol. The van der Waals surface area contributed by atoms with Crippen LogP contribution in [0.2, 0.25) is 0 Å². The van der Waals surface area contributed by atoms with Gasteiger partial charge in [0.05, 0.1) is 12.7 Å². The summed E-state index contributed by atoms with van der Waals surface area (Å²) in [6.45, 7) is 2.78. The summed E-state index contributed by atoms with van der Waals surface area (Å²) in [6, 6.07) is 10.3. The van der Waals surface area contributed by atoms with Crippen LogP contribution in [-0.4, -0.2) is 48.4 Å². The molecular formula is C34H34F6N2O7. The smallest absolute Gasteiger partial charge is 0.493 e. The van der Waals surface area contributed by atoms with E-state index >= 15 is 0 Å². The number of carbonyl (C=O) groups is 3. The molecule has 1 saturated heterocycles. The number of esters is 2. The molecule has 3 aromatic rings. The van der Waals surface area contributed by atoms with Crippen molar-refractivity contribution in [1.29, 1.82) is 0 Å². The Morgan fingerprint density at radius 3 is 2.16 bits per heavy atom. The number of rotatable bonds is 9. The van der Waals surface area contributed by atoms with Crippen molar-refractivity contribution in [1.82, 2.24) is 10.3 Å². The molecule has 0 bridgehead atoms. The minimum absolute atomic E-state index is 0.0629. The van der Waals surface area contributed by atoms with E-state index in [2.05, 4.69) is 15.0 Å². The van der Waals surface area contributed by atoms with Gasteiger partial charge in [0.15, 0.2) is 11.4 Å². The van der Waals surface area contributed by atoms with Crippen LogP contribution >= 0.6 is 0 Å². The van der Waals surface area contributed by atoms with Gasteiger partial charge in [0.2, 0.25) is 5.75 Å². The van der Waals surface area contributed by atoms with Crippen LogP contribution in [-0.2, 0) is 33.3 Å². The Morgan fingerprint density at radius 1 is 0.939 bits per heavy atom. The van der Waals surface area contributed by atoms with Gasteiger partial charge < -0.3 is 24.3 Å². The van der Waals surface area contributed by atoms with Gasteiger partial charge in [-0.2, -0.15) is 13.2 Å². The van der Waals surface area contributed by atoms with E-state index < -0.39 is 59.8 Å². The molecule has 9 nitrogen and oxygen atoms in total. The van der Waals surface area contributed by atoms with Crippen LogP contribution in [0.5, 0.6) is 17.2 Å². The zero-order chi connectivity index (χ0) is 35.9. The lowest BCUT2D eigenvalue weighted by Crippen LogP contribution is -2.43. The summed E-state index contributed by atoms with van der Waals surface area (Å²) in [6.07, 6.45) is -7.36. The van der Waals surface area contributed by atoms with Crippen LogP contribution in [0.3, 0.4) is 0 Å². The van der Waals surface area contributed by atoms with Gasteiger partial charge in [0.25, 0.3) is 5.91 Å². The summed E-state index contributed by atoms with van der Waals surface area (Å²) in [7, 11) is 1.31. The van der Waals surface area contributed by atoms with E-state index in [9.17, 15) is 40.7 Å². The first-order valence-electron chi connectivity index (χ1n) is 15.3. The molecule has 1 fully saturated rings. The number of halogens is 6. The lowest BCUT2D eigenvalue weighted by atomic mass is 9.77. The number of alkyl halides is 6. The molecule has 0 aliphatic carbocycles. The number of cyclic esters (lactones) is 1. The molecule has 0 unspecified atom stereocenters. The number of ether oxygens (including phenoxy) is 4. The molecule has 4 rings (SSSR count). The number of methoxy groups -OCH3 is 1. The molecule has 15 heteroatoms. The molecule has 0 radical (unpaired) electrons. The lowest BCUT2D eigenvalue weighted by molar-refractivity contribution is -0.274. The average Bonchev–Trinajstić information content (AvgIpc) is 3.06. The third-order valence-electron chi connectivity index (χ3n) is 8.12. The standard InChI is InChI=1S/C34H34F6N2O7/c1-19-26(18-22-9-13-25(14-10-22)49-34(38,39)40)23(17-21-7-11-24(12-8-21)33(35,36)37)5-4-6-27(32(45)47-19)42-31(44)29-30(48-20(2)43)28(46-3)15-16-41-29/h7-16,19,23,26-27H,4-6,17-18H2,1-3H3,(H,42,44)/t19-,23+,26-,27-/m0/s1. The zero-order valence-electron chi connectivity index (χ0n) is 26.7. The highest BCUT2D eigenvalue weighted by Crippen LogP contribution is 2.35. The summed E-state index contributed by atoms with van der Waals surface area (Å²) in [4.78, 5) is 42.5. The SMILES string of the molecule is COc1ccnc(C(=O)N[C@H]2CCC[C@H](Cc3ccc(C(F)(F)F)cc3)[C@@H](Cc3ccc(OC(F)(F)F)cc3)[C@H](C)OC2=O)c1OC(C)=O. The number of nitrogens with one attached hydrogen (secondary N) is 1. The Labute approximate surface area is 277 Å². The van der Waals surface area contributed by atoms with E-state index in [4.69, 9.17) is 14.2 Å². The first-order chi connectivity index (χ1) is 23.0. The summed E-state index contributed by atoms with van der Waals surface area (Å²) in [5.74, 6) is -3.58. The summed E-state index contributed by atoms with van der Waals surface area (Å²) in [5.41, 5.74) is 0.130. The van der Waals surface area contributed by atoms with E-state index in [0.29, 0.717) is 30.4 Å². The van der Waals surface area contributed by atoms with E-state index in [1.54, 1.807) is 6.92 Å². The van der Waals surface area contributed by atoms with Crippen molar-refractivity contribution in [2.24, 2.45) is 11.8 Å². The highest BCUT2D eigenvalue weighted by Gasteiger charge is 2.36. The van der Waals surface area contributed by atoms with Crippen molar-refractivity contribution in [2.45, 2.75) is 70.6 Å². The minimum Gasteiger partial charge on any atom is -0.493 e. The molecule has 0 saturated carbocycles. The van der Waals surface area contributed by atoms with Crippen LogP contribution in [0.4, 0.5) is 26.3 Å². The van der Waals surface area contributed by atoms with Gasteiger partial charge in [-0.1, -0.05) is 30.7 Å². The first-order valence-corrected chi connectivity index (χ1v) is 15.3. The quantitative estimate of drug-likeness (QED) is 0.191. The van der Waals surface area contributed by atoms with Crippen molar-refractivity contribution >= 4 is 17.8 Å². The molecule has 1 aromatic heterocycles. The maximum Gasteiger partial charge on any atom is 0.573 e. The van der Waals surface area contributed by atoms with Crippen LogP contribution in [0.15, 0.2) is 60.8 Å². The number of amides is 1. The number of pyridine rings is 1. The van der Waals surface area contributed by atoms with Crippen LogP contribution in [0, 0.1) is 11.8 Å². The highest BCUT2D eigenvalue weighted by atomic mass is 19.4. The molecule has 4 atom stereocenters. The summed E-state index contributed by atoms with van der Waals surface area (Å²) < 4.78 is 97.9. The molecule has 1 aliphatic rings. The van der Waals surface area contributed by atoms with Gasteiger partial charge in [-0.15, -0.1) is 13.2 Å². The third-order valence-corrected chi connectivity index (χ3v) is 8.12. The highest BCUT2D eigenvalue weighted by molar-refractivity contribution is 5.98. The fraction of sp³-hybridized carbons (Fsp3) is 0.412. The Balaban J connectivity index is 1.59.